The summed E-state index contributed by atoms with van der Waals surface area (Å²) in [5.41, 5.74) is 3.67. The van der Waals surface area contributed by atoms with Crippen LogP contribution < -0.4 is 5.73 Å². The normalized spacial score (nSPS) is 9.78. The number of amides is 1. The molecule has 0 atom stereocenters. The van der Waals surface area contributed by atoms with E-state index in [0.717, 1.165) is 0 Å². The molecule has 0 spiro atoms. The second-order valence-electron chi connectivity index (χ2n) is 3.98. The molecular formula is C14H8F5NO3. The average molecular weight is 333 g/mol. The first-order chi connectivity index (χ1) is 10.7. The Kier molecular flexibility index (Phi) is 5.77. The van der Waals surface area contributed by atoms with Crippen molar-refractivity contribution < 1.29 is 36.6 Å². The zero-order chi connectivity index (χ0) is 17.7. The molecule has 0 aliphatic rings. The Morgan fingerprint density at radius 2 is 1.17 bits per heavy atom. The zero-order valence-corrected chi connectivity index (χ0v) is 11.1. The second-order valence-corrected chi connectivity index (χ2v) is 3.98. The number of carbonyl (C=O) groups is 2. The van der Waals surface area contributed by atoms with Gasteiger partial charge in [-0.15, -0.1) is 0 Å². The molecule has 122 valence electrons. The minimum Gasteiger partial charge on any atom is -0.477 e. The molecule has 0 aromatic heterocycles. The second kappa shape index (κ2) is 7.34. The van der Waals surface area contributed by atoms with Crippen molar-refractivity contribution in [3.8, 4) is 0 Å². The molecule has 0 saturated heterocycles. The lowest BCUT2D eigenvalue weighted by atomic mass is 10.1. The number of halogens is 5. The molecule has 1 amide bonds. The van der Waals surface area contributed by atoms with Crippen LogP contribution in [0.5, 0.6) is 0 Å². The maximum atomic E-state index is 12.6. The van der Waals surface area contributed by atoms with Crippen LogP contribution in [0.2, 0.25) is 0 Å². The van der Waals surface area contributed by atoms with E-state index in [2.05, 4.69) is 0 Å². The molecule has 0 unspecified atom stereocenters. The molecule has 0 saturated carbocycles. The van der Waals surface area contributed by atoms with Crippen molar-refractivity contribution in [1.29, 1.82) is 0 Å². The van der Waals surface area contributed by atoms with E-state index in [-0.39, 0.29) is 5.91 Å². The quantitative estimate of drug-likeness (QED) is 0.504. The first-order valence-electron chi connectivity index (χ1n) is 5.78. The summed E-state index contributed by atoms with van der Waals surface area (Å²) in [7, 11) is 0. The molecule has 0 radical (unpaired) electrons. The molecule has 4 nitrogen and oxygen atoms in total. The molecule has 2 aromatic carbocycles. The van der Waals surface area contributed by atoms with Crippen molar-refractivity contribution in [2.45, 2.75) is 0 Å². The van der Waals surface area contributed by atoms with E-state index in [0.29, 0.717) is 5.56 Å². The third-order valence-electron chi connectivity index (χ3n) is 2.48. The van der Waals surface area contributed by atoms with E-state index >= 15 is 0 Å². The Bertz CT molecular complexity index is 721. The van der Waals surface area contributed by atoms with Crippen LogP contribution in [0.25, 0.3) is 0 Å². The highest BCUT2D eigenvalue weighted by molar-refractivity contribution is 5.92. The van der Waals surface area contributed by atoms with Crippen molar-refractivity contribution in [2.24, 2.45) is 5.73 Å². The van der Waals surface area contributed by atoms with Gasteiger partial charge in [-0.3, -0.25) is 4.79 Å². The number of aromatic carboxylic acids is 1. The van der Waals surface area contributed by atoms with Gasteiger partial charge in [0, 0.05) is 5.56 Å². The van der Waals surface area contributed by atoms with E-state index in [1.807, 2.05) is 6.07 Å². The van der Waals surface area contributed by atoms with Gasteiger partial charge in [-0.05, 0) is 12.1 Å². The topological polar surface area (TPSA) is 80.4 Å². The molecule has 23 heavy (non-hydrogen) atoms. The number of hydrogen-bond acceptors (Lipinski definition) is 2. The van der Waals surface area contributed by atoms with E-state index in [1.54, 1.807) is 24.3 Å². The van der Waals surface area contributed by atoms with Crippen molar-refractivity contribution in [3.63, 3.8) is 0 Å². The van der Waals surface area contributed by atoms with E-state index in [9.17, 15) is 31.5 Å². The number of carboxylic acids is 1. The van der Waals surface area contributed by atoms with Gasteiger partial charge < -0.3 is 10.8 Å². The summed E-state index contributed by atoms with van der Waals surface area (Å²) in [6, 6.07) is 8.76. The molecule has 2 aromatic rings. The van der Waals surface area contributed by atoms with Crippen LogP contribution in [0.15, 0.2) is 30.3 Å². The number of primary amides is 1. The monoisotopic (exact) mass is 333 g/mol. The highest BCUT2D eigenvalue weighted by Gasteiger charge is 2.29. The third kappa shape index (κ3) is 4.02. The average Bonchev–Trinajstić information content (AvgIpc) is 2.52. The van der Waals surface area contributed by atoms with E-state index < -0.39 is 40.6 Å². The van der Waals surface area contributed by atoms with E-state index in [1.165, 1.54) is 0 Å². The smallest absolute Gasteiger partial charge is 0.341 e. The van der Waals surface area contributed by atoms with Crippen LogP contribution >= 0.6 is 0 Å². The van der Waals surface area contributed by atoms with Crippen LogP contribution in [0.1, 0.15) is 20.7 Å². The standard InChI is InChI=1S/C7HF5O2.C7H7NO/c8-2-1(7(13)14)3(9)5(11)6(12)4(2)10;8-7(9)6-4-2-1-3-5-6/h(H,13,14);1-5H,(H2,8,9). The third-order valence-corrected chi connectivity index (χ3v) is 2.48. The Balaban J connectivity index is 0.000000253. The zero-order valence-electron chi connectivity index (χ0n) is 11.1. The SMILES string of the molecule is NC(=O)c1ccccc1.O=C(O)c1c(F)c(F)c(F)c(F)c1F. The Morgan fingerprint density at radius 1 is 0.783 bits per heavy atom. The number of carboxylic acid groups (broad SMARTS) is 1. The summed E-state index contributed by atoms with van der Waals surface area (Å²) in [6.45, 7) is 0. The Hall–Kier alpha value is -2.97. The highest BCUT2D eigenvalue weighted by atomic mass is 19.2. The summed E-state index contributed by atoms with van der Waals surface area (Å²) in [5, 5.41) is 8.15. The molecule has 0 heterocycles. The fourth-order valence-corrected chi connectivity index (χ4v) is 1.40. The lowest BCUT2D eigenvalue weighted by Gasteiger charge is -2.03. The lowest BCUT2D eigenvalue weighted by Crippen LogP contribution is -2.11. The predicted molar refractivity (Wildman–Crippen MR) is 68.2 cm³/mol. The first kappa shape index (κ1) is 18.1. The fourth-order valence-electron chi connectivity index (χ4n) is 1.40. The Morgan fingerprint density at radius 3 is 1.48 bits per heavy atom. The van der Waals surface area contributed by atoms with Crippen molar-refractivity contribution in [3.05, 3.63) is 70.5 Å². The molecule has 3 N–H and O–H groups in total. The number of rotatable bonds is 2. The van der Waals surface area contributed by atoms with Gasteiger partial charge in [-0.2, -0.15) is 0 Å². The molecule has 0 aliphatic heterocycles. The molecular weight excluding hydrogens is 325 g/mol. The van der Waals surface area contributed by atoms with Gasteiger partial charge in [-0.25, -0.2) is 26.7 Å². The van der Waals surface area contributed by atoms with Gasteiger partial charge in [0.15, 0.2) is 23.3 Å². The van der Waals surface area contributed by atoms with Gasteiger partial charge in [0.25, 0.3) is 0 Å². The first-order valence-corrected chi connectivity index (χ1v) is 5.78. The van der Waals surface area contributed by atoms with Gasteiger partial charge in [0.2, 0.25) is 11.7 Å². The minimum absolute atomic E-state index is 0.379. The molecule has 0 aliphatic carbocycles. The number of carbonyl (C=O) groups excluding carboxylic acids is 1. The molecule has 0 bridgehead atoms. The number of benzene rings is 2. The summed E-state index contributed by atoms with van der Waals surface area (Å²) in [5.74, 6) is -14.2. The summed E-state index contributed by atoms with van der Waals surface area (Å²) >= 11 is 0. The van der Waals surface area contributed by atoms with Crippen LogP contribution in [-0.2, 0) is 0 Å². The van der Waals surface area contributed by atoms with Crippen LogP contribution in [-0.4, -0.2) is 17.0 Å². The minimum atomic E-state index is -2.38. The van der Waals surface area contributed by atoms with Crippen molar-refractivity contribution in [2.75, 3.05) is 0 Å². The lowest BCUT2D eigenvalue weighted by molar-refractivity contribution is 0.0682. The fraction of sp³-hybridized carbons (Fsp3) is 0. The summed E-state index contributed by atoms with van der Waals surface area (Å²) < 4.78 is 62.1. The summed E-state index contributed by atoms with van der Waals surface area (Å²) in [4.78, 5) is 20.5. The van der Waals surface area contributed by atoms with Crippen LogP contribution in [0.4, 0.5) is 22.0 Å². The number of nitrogens with two attached hydrogens (primary N) is 1. The predicted octanol–water partition coefficient (Wildman–Crippen LogP) is 2.87. The highest BCUT2D eigenvalue weighted by Crippen LogP contribution is 2.22. The van der Waals surface area contributed by atoms with Gasteiger partial charge in [0.1, 0.15) is 5.56 Å². The van der Waals surface area contributed by atoms with Crippen molar-refractivity contribution in [1.82, 2.24) is 0 Å². The molecule has 0 fully saturated rings. The van der Waals surface area contributed by atoms with Crippen LogP contribution in [0, 0.1) is 29.1 Å². The number of hydrogen-bond donors (Lipinski definition) is 2. The molecule has 9 heteroatoms. The van der Waals surface area contributed by atoms with Gasteiger partial charge >= 0.3 is 5.97 Å². The van der Waals surface area contributed by atoms with E-state index in [4.69, 9.17) is 10.8 Å². The summed E-state index contributed by atoms with van der Waals surface area (Å²) in [6.07, 6.45) is 0. The maximum absolute atomic E-state index is 12.6. The maximum Gasteiger partial charge on any atom is 0.341 e. The Labute approximate surface area is 126 Å². The van der Waals surface area contributed by atoms with Gasteiger partial charge in [-0.1, -0.05) is 18.2 Å². The van der Waals surface area contributed by atoms with Gasteiger partial charge in [0.05, 0.1) is 0 Å². The molecule has 2 rings (SSSR count). The largest absolute Gasteiger partial charge is 0.477 e. The van der Waals surface area contributed by atoms with Crippen LogP contribution in [0.3, 0.4) is 0 Å². The van der Waals surface area contributed by atoms with Crippen molar-refractivity contribution >= 4 is 11.9 Å².